The van der Waals surface area contributed by atoms with E-state index in [1.54, 1.807) is 25.1 Å². The van der Waals surface area contributed by atoms with E-state index >= 15 is 0 Å². The van der Waals surface area contributed by atoms with Crippen LogP contribution in [0.1, 0.15) is 10.7 Å². The zero-order valence-electron chi connectivity index (χ0n) is 10.8. The van der Waals surface area contributed by atoms with Crippen molar-refractivity contribution in [3.05, 3.63) is 26.6 Å². The number of nitrogens with zero attached hydrogens (tertiary/aromatic N) is 5. The molecule has 6 nitrogen and oxygen atoms in total. The molecular formula is C12H11BrN6S. The maximum atomic E-state index is 9.29. The first kappa shape index (κ1) is 14.4. The first-order valence-electron chi connectivity index (χ1n) is 5.54. The molecule has 0 saturated carbocycles. The summed E-state index contributed by atoms with van der Waals surface area (Å²) in [6.45, 7) is 0. The molecule has 2 N–H and O–H groups in total. The molecule has 102 valence electrons. The van der Waals surface area contributed by atoms with Crippen LogP contribution in [0.25, 0.3) is 11.6 Å². The molecule has 0 bridgehead atoms. The lowest BCUT2D eigenvalue weighted by molar-refractivity contribution is 0.952. The maximum Gasteiger partial charge on any atom is 0.230 e. The van der Waals surface area contributed by atoms with E-state index in [0.29, 0.717) is 11.5 Å². The Morgan fingerprint density at radius 2 is 2.20 bits per heavy atom. The largest absolute Gasteiger partial charge is 0.368 e. The number of aromatic nitrogens is 3. The van der Waals surface area contributed by atoms with E-state index < -0.39 is 0 Å². The van der Waals surface area contributed by atoms with E-state index in [1.165, 1.54) is 11.3 Å². The summed E-state index contributed by atoms with van der Waals surface area (Å²) >= 11 is 4.89. The summed E-state index contributed by atoms with van der Waals surface area (Å²) in [5.41, 5.74) is 6.00. The van der Waals surface area contributed by atoms with Crippen LogP contribution < -0.4 is 10.6 Å². The van der Waals surface area contributed by atoms with Crippen molar-refractivity contribution >= 4 is 50.8 Å². The Morgan fingerprint density at radius 3 is 2.75 bits per heavy atom. The molecule has 2 rings (SSSR count). The number of nitrogens with two attached hydrogens (primary N) is 1. The van der Waals surface area contributed by atoms with Gasteiger partial charge in [0.2, 0.25) is 11.9 Å². The summed E-state index contributed by atoms with van der Waals surface area (Å²) in [7, 11) is 3.59. The molecule has 0 atom stereocenters. The SMILES string of the molecule is CN(C)c1nc(N)nc(/C(C#N)=C/c2cc(Br)cs2)n1. The number of rotatable bonds is 3. The number of hydrogen-bond acceptors (Lipinski definition) is 7. The maximum absolute atomic E-state index is 9.29. The highest BCUT2D eigenvalue weighted by molar-refractivity contribution is 9.10. The van der Waals surface area contributed by atoms with Crippen molar-refractivity contribution in [2.24, 2.45) is 0 Å². The van der Waals surface area contributed by atoms with Gasteiger partial charge < -0.3 is 10.6 Å². The first-order valence-corrected chi connectivity index (χ1v) is 7.22. The summed E-state index contributed by atoms with van der Waals surface area (Å²) in [6, 6.07) is 4.01. The zero-order valence-corrected chi connectivity index (χ0v) is 13.2. The summed E-state index contributed by atoms with van der Waals surface area (Å²) in [5, 5.41) is 11.2. The minimum Gasteiger partial charge on any atom is -0.368 e. The van der Waals surface area contributed by atoms with Crippen LogP contribution in [0.5, 0.6) is 0 Å². The monoisotopic (exact) mass is 350 g/mol. The highest BCUT2D eigenvalue weighted by Crippen LogP contribution is 2.24. The van der Waals surface area contributed by atoms with E-state index in [2.05, 4.69) is 37.0 Å². The second-order valence-electron chi connectivity index (χ2n) is 4.05. The van der Waals surface area contributed by atoms with Gasteiger partial charge in [-0.1, -0.05) is 0 Å². The van der Waals surface area contributed by atoms with Gasteiger partial charge in [-0.2, -0.15) is 20.2 Å². The Kier molecular flexibility index (Phi) is 4.32. The molecule has 0 saturated heterocycles. The fourth-order valence-corrected chi connectivity index (χ4v) is 2.77. The molecule has 2 aromatic rings. The second-order valence-corrected chi connectivity index (χ2v) is 5.91. The Hall–Kier alpha value is -1.98. The summed E-state index contributed by atoms with van der Waals surface area (Å²) in [4.78, 5) is 14.9. The topological polar surface area (TPSA) is 91.7 Å². The van der Waals surface area contributed by atoms with Crippen LogP contribution in [-0.2, 0) is 0 Å². The van der Waals surface area contributed by atoms with Gasteiger partial charge >= 0.3 is 0 Å². The van der Waals surface area contributed by atoms with Crippen molar-refractivity contribution in [3.63, 3.8) is 0 Å². The summed E-state index contributed by atoms with van der Waals surface area (Å²) in [5.74, 6) is 0.779. The lowest BCUT2D eigenvalue weighted by atomic mass is 10.2. The third kappa shape index (κ3) is 3.31. The Labute approximate surface area is 128 Å². The molecule has 0 aromatic carbocycles. The smallest absolute Gasteiger partial charge is 0.230 e. The van der Waals surface area contributed by atoms with Gasteiger partial charge in [-0.15, -0.1) is 11.3 Å². The number of nitrogen functional groups attached to an aromatic ring is 1. The normalized spacial score (nSPS) is 11.2. The number of hydrogen-bond donors (Lipinski definition) is 1. The lowest BCUT2D eigenvalue weighted by Crippen LogP contribution is -2.15. The highest BCUT2D eigenvalue weighted by Gasteiger charge is 2.11. The Morgan fingerprint density at radius 1 is 1.45 bits per heavy atom. The standard InChI is InChI=1S/C12H11BrN6S/c1-19(2)12-17-10(16-11(15)18-12)7(5-14)3-9-4-8(13)6-20-9/h3-4,6H,1-2H3,(H2,15,16,17,18)/b7-3+. The van der Waals surface area contributed by atoms with Gasteiger partial charge in [0.1, 0.15) is 6.07 Å². The molecule has 0 unspecified atom stereocenters. The highest BCUT2D eigenvalue weighted by atomic mass is 79.9. The molecule has 8 heteroatoms. The van der Waals surface area contributed by atoms with Crippen LogP contribution in [0, 0.1) is 11.3 Å². The van der Waals surface area contributed by atoms with E-state index in [-0.39, 0.29) is 11.8 Å². The average Bonchev–Trinajstić information content (AvgIpc) is 2.80. The summed E-state index contributed by atoms with van der Waals surface area (Å²) in [6.07, 6.45) is 1.73. The van der Waals surface area contributed by atoms with Crippen molar-refractivity contribution in [2.75, 3.05) is 24.7 Å². The molecule has 2 heterocycles. The van der Waals surface area contributed by atoms with Gasteiger partial charge in [0.25, 0.3) is 0 Å². The van der Waals surface area contributed by atoms with Crippen molar-refractivity contribution in [3.8, 4) is 6.07 Å². The fraction of sp³-hybridized carbons (Fsp3) is 0.167. The second kappa shape index (κ2) is 5.98. The number of allylic oxidation sites excluding steroid dienone is 1. The van der Waals surface area contributed by atoms with Crippen molar-refractivity contribution < 1.29 is 0 Å². The van der Waals surface area contributed by atoms with Crippen molar-refractivity contribution in [2.45, 2.75) is 0 Å². The van der Waals surface area contributed by atoms with Crippen LogP contribution in [0.15, 0.2) is 15.9 Å². The third-order valence-corrected chi connectivity index (χ3v) is 3.92. The van der Waals surface area contributed by atoms with Gasteiger partial charge in [-0.05, 0) is 28.1 Å². The molecule has 0 aliphatic heterocycles. The number of halogens is 1. The quantitative estimate of drug-likeness (QED) is 0.854. The third-order valence-electron chi connectivity index (χ3n) is 2.28. The van der Waals surface area contributed by atoms with Crippen LogP contribution in [-0.4, -0.2) is 29.0 Å². The number of nitriles is 1. The molecule has 0 aliphatic carbocycles. The summed E-state index contributed by atoms with van der Waals surface area (Å²) < 4.78 is 0.968. The molecular weight excluding hydrogens is 340 g/mol. The molecule has 0 amide bonds. The fourth-order valence-electron chi connectivity index (χ4n) is 1.39. The van der Waals surface area contributed by atoms with Crippen LogP contribution in [0.2, 0.25) is 0 Å². The van der Waals surface area contributed by atoms with Crippen molar-refractivity contribution in [1.29, 1.82) is 5.26 Å². The van der Waals surface area contributed by atoms with Crippen LogP contribution in [0.4, 0.5) is 11.9 Å². The Balaban J connectivity index is 2.47. The van der Waals surface area contributed by atoms with Gasteiger partial charge in [-0.25, -0.2) is 0 Å². The molecule has 0 radical (unpaired) electrons. The van der Waals surface area contributed by atoms with E-state index in [0.717, 1.165) is 9.35 Å². The molecule has 0 spiro atoms. The van der Waals surface area contributed by atoms with Crippen molar-refractivity contribution in [1.82, 2.24) is 15.0 Å². The van der Waals surface area contributed by atoms with E-state index in [4.69, 9.17) is 5.73 Å². The molecule has 20 heavy (non-hydrogen) atoms. The van der Waals surface area contributed by atoms with Gasteiger partial charge in [0.05, 0.1) is 5.57 Å². The lowest BCUT2D eigenvalue weighted by Gasteiger charge is -2.10. The zero-order chi connectivity index (χ0) is 14.7. The van der Waals surface area contributed by atoms with Crippen LogP contribution >= 0.6 is 27.3 Å². The van der Waals surface area contributed by atoms with Gasteiger partial charge in [0.15, 0.2) is 5.82 Å². The van der Waals surface area contributed by atoms with Gasteiger partial charge in [-0.3, -0.25) is 0 Å². The van der Waals surface area contributed by atoms with E-state index in [1.807, 2.05) is 11.4 Å². The van der Waals surface area contributed by atoms with Crippen LogP contribution in [0.3, 0.4) is 0 Å². The number of anilines is 2. The predicted octanol–water partition coefficient (Wildman–Crippen LogP) is 2.41. The molecule has 2 aromatic heterocycles. The minimum absolute atomic E-state index is 0.0900. The molecule has 0 aliphatic rings. The first-order chi connectivity index (χ1) is 9.49. The predicted molar refractivity (Wildman–Crippen MR) is 84.1 cm³/mol. The average molecular weight is 351 g/mol. The Bertz CT molecular complexity index is 700. The number of thiophene rings is 1. The van der Waals surface area contributed by atoms with Gasteiger partial charge in [0, 0.05) is 28.8 Å². The minimum atomic E-state index is 0.0900. The van der Waals surface area contributed by atoms with E-state index in [9.17, 15) is 5.26 Å². The molecule has 0 fully saturated rings.